The minimum atomic E-state index is -1.07. The fourth-order valence-corrected chi connectivity index (χ4v) is 2.79. The van der Waals surface area contributed by atoms with E-state index < -0.39 is 17.9 Å². The van der Waals surface area contributed by atoms with Crippen LogP contribution in [0.2, 0.25) is 0 Å². The summed E-state index contributed by atoms with van der Waals surface area (Å²) in [6, 6.07) is 0. The zero-order valence-electron chi connectivity index (χ0n) is 16.8. The topological polar surface area (TPSA) is 145 Å². The molecule has 8 N–H and O–H groups in total. The van der Waals surface area contributed by atoms with Gasteiger partial charge in [-0.25, -0.2) is 0 Å². The largest absolute Gasteiger partial charge is 0.481 e. The first-order valence-electron chi connectivity index (χ1n) is 9.69. The summed E-state index contributed by atoms with van der Waals surface area (Å²) in [5.41, 5.74) is 0. The zero-order valence-corrected chi connectivity index (χ0v) is 16.8. The lowest BCUT2D eigenvalue weighted by Crippen LogP contribution is -2.15. The van der Waals surface area contributed by atoms with Gasteiger partial charge in [0.15, 0.2) is 0 Å². The highest BCUT2D eigenvalue weighted by molar-refractivity contribution is 5.79. The van der Waals surface area contributed by atoms with Crippen molar-refractivity contribution >= 4 is 11.9 Å². The molecule has 0 spiro atoms. The van der Waals surface area contributed by atoms with Crippen molar-refractivity contribution < 1.29 is 19.8 Å². The van der Waals surface area contributed by atoms with E-state index >= 15 is 0 Å². The van der Waals surface area contributed by atoms with Gasteiger partial charge in [-0.3, -0.25) is 9.59 Å². The van der Waals surface area contributed by atoms with E-state index in [2.05, 4.69) is 6.92 Å². The van der Waals surface area contributed by atoms with Gasteiger partial charge < -0.3 is 22.5 Å². The Balaban J connectivity index is -0.00000264. The number of hydrogen-bond donors (Lipinski definition) is 4. The van der Waals surface area contributed by atoms with Gasteiger partial charge in [-0.2, -0.15) is 0 Å². The molecule has 0 bridgehead atoms. The Morgan fingerprint density at radius 1 is 0.769 bits per heavy atom. The summed E-state index contributed by atoms with van der Waals surface area (Å²) in [5.74, 6) is -3.04. The van der Waals surface area contributed by atoms with Crippen LogP contribution >= 0.6 is 0 Å². The minimum absolute atomic E-state index is 0. The van der Waals surface area contributed by atoms with Gasteiger partial charge >= 0.3 is 11.9 Å². The third kappa shape index (κ3) is 20.6. The monoisotopic (exact) mass is 374 g/mol. The fraction of sp³-hybridized carbons (Fsp3) is 0.800. The van der Waals surface area contributed by atoms with Gasteiger partial charge in [-0.15, -0.1) is 0 Å². The van der Waals surface area contributed by atoms with Gasteiger partial charge in [0.25, 0.3) is 0 Å². The average molecular weight is 375 g/mol. The molecule has 0 aromatic rings. The van der Waals surface area contributed by atoms with Gasteiger partial charge in [0.1, 0.15) is 0 Å². The predicted molar refractivity (Wildman–Crippen MR) is 108 cm³/mol. The van der Waals surface area contributed by atoms with Crippen LogP contribution in [0.1, 0.15) is 96.8 Å². The van der Waals surface area contributed by atoms with Crippen molar-refractivity contribution in [2.75, 3.05) is 0 Å². The number of carbonyl (C=O) groups is 2. The molecule has 0 radical (unpaired) electrons. The van der Waals surface area contributed by atoms with E-state index in [1.165, 1.54) is 70.3 Å². The van der Waals surface area contributed by atoms with Gasteiger partial charge in [0.05, 0.1) is 12.3 Å². The Labute approximate surface area is 159 Å². The lowest BCUT2D eigenvalue weighted by atomic mass is 10.0. The normalized spacial score (nSPS) is 11.6. The van der Waals surface area contributed by atoms with Crippen molar-refractivity contribution in [2.24, 2.45) is 5.92 Å². The van der Waals surface area contributed by atoms with Crippen molar-refractivity contribution in [2.45, 2.75) is 96.8 Å². The number of carboxylic acids is 2. The van der Waals surface area contributed by atoms with E-state index in [4.69, 9.17) is 10.2 Å². The minimum Gasteiger partial charge on any atom is -0.481 e. The molecule has 156 valence electrons. The highest BCUT2D eigenvalue weighted by Crippen LogP contribution is 2.13. The molecule has 0 rings (SSSR count). The van der Waals surface area contributed by atoms with Gasteiger partial charge in [0, 0.05) is 0 Å². The van der Waals surface area contributed by atoms with Crippen molar-refractivity contribution in [3.63, 3.8) is 0 Å². The molecule has 0 saturated carbocycles. The standard InChI is InChI=1S/C20H36O4.2H3N/c1-2-3-4-5-6-7-8-9-10-11-12-13-14-15-16-18(20(23)24)17-19(21)22;;/h15-16,18H,2-14,17H2,1H3,(H,21,22)(H,23,24);2*1H3/b16-15+;;. The third-order valence-electron chi connectivity index (χ3n) is 4.30. The summed E-state index contributed by atoms with van der Waals surface area (Å²) in [5, 5.41) is 17.6. The number of aliphatic carboxylic acids is 2. The molecule has 6 nitrogen and oxygen atoms in total. The Hall–Kier alpha value is -1.40. The number of rotatable bonds is 17. The molecule has 0 amide bonds. The summed E-state index contributed by atoms with van der Waals surface area (Å²) in [6.45, 7) is 2.25. The number of hydrogen-bond acceptors (Lipinski definition) is 4. The van der Waals surface area contributed by atoms with Gasteiger partial charge in [-0.1, -0.05) is 89.7 Å². The lowest BCUT2D eigenvalue weighted by molar-refractivity contribution is -0.146. The Kier molecular flexibility index (Phi) is 24.4. The predicted octanol–water partition coefficient (Wildman–Crippen LogP) is 6.13. The molecule has 0 aromatic carbocycles. The summed E-state index contributed by atoms with van der Waals surface area (Å²) < 4.78 is 0. The molecule has 1 unspecified atom stereocenters. The van der Waals surface area contributed by atoms with Crippen molar-refractivity contribution in [3.8, 4) is 0 Å². The fourth-order valence-electron chi connectivity index (χ4n) is 2.79. The van der Waals surface area contributed by atoms with Crippen LogP contribution in [0.4, 0.5) is 0 Å². The molecule has 0 aliphatic rings. The second-order valence-electron chi connectivity index (χ2n) is 6.65. The smallest absolute Gasteiger partial charge is 0.310 e. The van der Waals surface area contributed by atoms with Crippen LogP contribution in [0.3, 0.4) is 0 Å². The van der Waals surface area contributed by atoms with Gasteiger partial charge in [-0.05, 0) is 12.8 Å². The molecular formula is C20H42N2O4. The van der Waals surface area contributed by atoms with E-state index in [-0.39, 0.29) is 18.7 Å². The first-order valence-corrected chi connectivity index (χ1v) is 9.69. The molecule has 0 aromatic heterocycles. The molecule has 0 aliphatic heterocycles. The van der Waals surface area contributed by atoms with Gasteiger partial charge in [0.2, 0.25) is 0 Å². The summed E-state index contributed by atoms with van der Waals surface area (Å²) >= 11 is 0. The van der Waals surface area contributed by atoms with E-state index in [9.17, 15) is 9.59 Å². The second kappa shape index (κ2) is 21.6. The number of allylic oxidation sites excluding steroid dienone is 1. The van der Waals surface area contributed by atoms with Crippen molar-refractivity contribution in [1.82, 2.24) is 12.3 Å². The molecule has 6 heteroatoms. The molecule has 26 heavy (non-hydrogen) atoms. The van der Waals surface area contributed by atoms with Crippen LogP contribution < -0.4 is 12.3 Å². The van der Waals surface area contributed by atoms with E-state index in [0.717, 1.165) is 19.3 Å². The highest BCUT2D eigenvalue weighted by Gasteiger charge is 2.17. The van der Waals surface area contributed by atoms with Crippen LogP contribution in [-0.2, 0) is 9.59 Å². The first-order chi connectivity index (χ1) is 11.6. The third-order valence-corrected chi connectivity index (χ3v) is 4.30. The first kappa shape index (κ1) is 29.4. The quantitative estimate of drug-likeness (QED) is 0.178. The second-order valence-corrected chi connectivity index (χ2v) is 6.65. The van der Waals surface area contributed by atoms with Crippen LogP contribution in [0.25, 0.3) is 0 Å². The molecule has 0 fully saturated rings. The van der Waals surface area contributed by atoms with Crippen LogP contribution in [0.15, 0.2) is 12.2 Å². The van der Waals surface area contributed by atoms with Crippen LogP contribution in [-0.4, -0.2) is 22.2 Å². The van der Waals surface area contributed by atoms with Crippen LogP contribution in [0, 0.1) is 5.92 Å². The van der Waals surface area contributed by atoms with E-state index in [1.807, 2.05) is 6.08 Å². The highest BCUT2D eigenvalue weighted by atomic mass is 16.4. The Morgan fingerprint density at radius 2 is 1.19 bits per heavy atom. The lowest BCUT2D eigenvalue weighted by Gasteiger charge is -2.04. The number of carboxylic acid groups (broad SMARTS) is 2. The van der Waals surface area contributed by atoms with E-state index in [0.29, 0.717) is 0 Å². The Morgan fingerprint density at radius 3 is 1.58 bits per heavy atom. The number of unbranched alkanes of at least 4 members (excludes halogenated alkanes) is 12. The van der Waals surface area contributed by atoms with Crippen LogP contribution in [0.5, 0.6) is 0 Å². The average Bonchev–Trinajstić information content (AvgIpc) is 2.53. The maximum atomic E-state index is 10.9. The SMILES string of the molecule is CCCCCCCCCCCCCC/C=C/C(CC(=O)O)C(=O)O.N.N. The summed E-state index contributed by atoms with van der Waals surface area (Å²) in [7, 11) is 0. The summed E-state index contributed by atoms with van der Waals surface area (Å²) in [4.78, 5) is 21.5. The molecule has 0 aliphatic carbocycles. The maximum absolute atomic E-state index is 10.9. The molecule has 0 saturated heterocycles. The van der Waals surface area contributed by atoms with Crippen molar-refractivity contribution in [3.05, 3.63) is 12.2 Å². The molecular weight excluding hydrogens is 332 g/mol. The zero-order chi connectivity index (χ0) is 18.0. The molecule has 0 heterocycles. The Bertz CT molecular complexity index is 360. The van der Waals surface area contributed by atoms with E-state index in [1.54, 1.807) is 0 Å². The summed E-state index contributed by atoms with van der Waals surface area (Å²) in [6.07, 6.45) is 19.4. The molecule has 1 atom stereocenters. The maximum Gasteiger partial charge on any atom is 0.310 e. The van der Waals surface area contributed by atoms with Crippen molar-refractivity contribution in [1.29, 1.82) is 0 Å².